The number of fused-ring (bicyclic) bond motifs is 2. The Labute approximate surface area is 193 Å². The number of methoxy groups -OCH3 is 1. The van der Waals surface area contributed by atoms with Crippen LogP contribution in [0.25, 0.3) is 0 Å². The molecule has 176 valence electrons. The molecule has 4 rings (SSSR count). The van der Waals surface area contributed by atoms with Crippen LogP contribution in [0.1, 0.15) is 49.2 Å². The number of hydrogen-bond acceptors (Lipinski definition) is 6. The third kappa shape index (κ3) is 4.85. The summed E-state index contributed by atoms with van der Waals surface area (Å²) in [6.07, 6.45) is 2.17. The van der Waals surface area contributed by atoms with E-state index in [1.807, 2.05) is 12.1 Å². The number of esters is 1. The molecule has 33 heavy (non-hydrogen) atoms. The first kappa shape index (κ1) is 23.2. The third-order valence-corrected chi connectivity index (χ3v) is 6.12. The van der Waals surface area contributed by atoms with E-state index in [0.717, 1.165) is 23.2 Å². The van der Waals surface area contributed by atoms with Crippen LogP contribution in [0, 0.1) is 5.82 Å². The molecule has 1 amide bonds. The Morgan fingerprint density at radius 2 is 1.85 bits per heavy atom. The van der Waals surface area contributed by atoms with Crippen molar-refractivity contribution in [3.63, 3.8) is 0 Å². The van der Waals surface area contributed by atoms with Crippen LogP contribution in [0.15, 0.2) is 36.5 Å². The first-order valence-corrected chi connectivity index (χ1v) is 11.2. The average Bonchev–Trinajstić information content (AvgIpc) is 2.93. The van der Waals surface area contributed by atoms with E-state index in [4.69, 9.17) is 9.47 Å². The fourth-order valence-electron chi connectivity index (χ4n) is 4.67. The minimum atomic E-state index is -0.821. The quantitative estimate of drug-likeness (QED) is 0.646. The fourth-order valence-corrected chi connectivity index (χ4v) is 4.67. The van der Waals surface area contributed by atoms with Crippen molar-refractivity contribution >= 4 is 12.1 Å². The number of carbonyl (C=O) groups is 2. The molecule has 0 radical (unpaired) electrons. The highest BCUT2D eigenvalue weighted by atomic mass is 19.1. The molecule has 0 N–H and O–H groups in total. The Morgan fingerprint density at radius 3 is 2.58 bits per heavy atom. The van der Waals surface area contributed by atoms with Crippen LogP contribution in [-0.2, 0) is 27.1 Å². The van der Waals surface area contributed by atoms with E-state index < -0.39 is 23.7 Å². The van der Waals surface area contributed by atoms with E-state index in [0.29, 0.717) is 19.5 Å². The van der Waals surface area contributed by atoms with Crippen molar-refractivity contribution in [1.82, 2.24) is 14.8 Å². The lowest BCUT2D eigenvalue weighted by atomic mass is 9.95. The number of hydrogen-bond donors (Lipinski definition) is 0. The van der Waals surface area contributed by atoms with Gasteiger partial charge in [0.25, 0.3) is 0 Å². The molecule has 2 aliphatic rings. The molecule has 1 saturated heterocycles. The maximum atomic E-state index is 14.0. The molecule has 7 nitrogen and oxygen atoms in total. The maximum Gasteiger partial charge on any atom is 0.411 e. The molecule has 0 saturated carbocycles. The number of pyridine rings is 1. The van der Waals surface area contributed by atoms with Gasteiger partial charge in [0, 0.05) is 19.6 Å². The molecule has 2 aromatic rings. The number of ether oxygens (including phenoxy) is 2. The van der Waals surface area contributed by atoms with Gasteiger partial charge < -0.3 is 9.47 Å². The summed E-state index contributed by atoms with van der Waals surface area (Å²) < 4.78 is 24.6. The standard InChI is InChI=1S/C25H30FN3O4/c1-25(2,3)33-24(31)29-12-11-28(15-20(29)23(30)32-4)22-19-8-6-5-7-16(19)9-10-17-13-18(26)14-27-21(17)22/h5-8,13-14,20,22H,9-12,15H2,1-4H3/t20-,22?/m1/s1. The topological polar surface area (TPSA) is 72.0 Å². The minimum Gasteiger partial charge on any atom is -0.467 e. The van der Waals surface area contributed by atoms with Crippen molar-refractivity contribution in [2.45, 2.75) is 51.3 Å². The highest BCUT2D eigenvalue weighted by Crippen LogP contribution is 2.37. The first-order chi connectivity index (χ1) is 15.7. The zero-order valence-electron chi connectivity index (χ0n) is 19.5. The van der Waals surface area contributed by atoms with Gasteiger partial charge in [-0.05, 0) is 56.4 Å². The van der Waals surface area contributed by atoms with Crippen LogP contribution in [0.4, 0.5) is 9.18 Å². The Hall–Kier alpha value is -3.00. The van der Waals surface area contributed by atoms with Crippen LogP contribution < -0.4 is 0 Å². The maximum absolute atomic E-state index is 14.0. The summed E-state index contributed by atoms with van der Waals surface area (Å²) in [4.78, 5) is 33.6. The normalized spacial score (nSPS) is 20.9. The second-order valence-corrected chi connectivity index (χ2v) is 9.51. The number of benzene rings is 1. The summed E-state index contributed by atoms with van der Waals surface area (Å²) in [5.74, 6) is -0.861. The molecule has 1 aromatic heterocycles. The van der Waals surface area contributed by atoms with Crippen LogP contribution in [0.2, 0.25) is 0 Å². The lowest BCUT2D eigenvalue weighted by Crippen LogP contribution is -2.59. The molecular weight excluding hydrogens is 425 g/mol. The van der Waals surface area contributed by atoms with E-state index in [-0.39, 0.29) is 18.4 Å². The Balaban J connectivity index is 1.71. The van der Waals surface area contributed by atoms with Gasteiger partial charge in [0.2, 0.25) is 0 Å². The highest BCUT2D eigenvalue weighted by molar-refractivity contribution is 5.82. The largest absolute Gasteiger partial charge is 0.467 e. The van der Waals surface area contributed by atoms with Crippen molar-refractivity contribution in [3.05, 3.63) is 64.7 Å². The van der Waals surface area contributed by atoms with Gasteiger partial charge >= 0.3 is 12.1 Å². The summed E-state index contributed by atoms with van der Waals surface area (Å²) in [5, 5.41) is 0. The molecule has 2 heterocycles. The van der Waals surface area contributed by atoms with E-state index in [9.17, 15) is 14.0 Å². The monoisotopic (exact) mass is 455 g/mol. The van der Waals surface area contributed by atoms with E-state index >= 15 is 0 Å². The minimum absolute atomic E-state index is 0.253. The van der Waals surface area contributed by atoms with Gasteiger partial charge in [0.05, 0.1) is 25.0 Å². The molecule has 0 bridgehead atoms. The van der Waals surface area contributed by atoms with E-state index in [2.05, 4.69) is 22.0 Å². The van der Waals surface area contributed by atoms with Gasteiger partial charge in [0.15, 0.2) is 0 Å². The number of rotatable bonds is 2. The summed E-state index contributed by atoms with van der Waals surface area (Å²) in [5.41, 5.74) is 3.23. The zero-order chi connectivity index (χ0) is 23.8. The predicted octanol–water partition coefficient (Wildman–Crippen LogP) is 3.50. The number of carbonyl (C=O) groups excluding carboxylic acids is 2. The smallest absolute Gasteiger partial charge is 0.411 e. The van der Waals surface area contributed by atoms with E-state index in [1.54, 1.807) is 26.8 Å². The summed E-state index contributed by atoms with van der Waals surface area (Å²) in [6.45, 7) is 6.42. The number of aromatic nitrogens is 1. The van der Waals surface area contributed by atoms with Gasteiger partial charge in [-0.2, -0.15) is 0 Å². The second-order valence-electron chi connectivity index (χ2n) is 9.51. The second kappa shape index (κ2) is 9.09. The first-order valence-electron chi connectivity index (χ1n) is 11.2. The lowest BCUT2D eigenvalue weighted by molar-refractivity contribution is -0.149. The molecule has 1 unspecified atom stereocenters. The van der Waals surface area contributed by atoms with Crippen molar-refractivity contribution in [1.29, 1.82) is 0 Å². The van der Waals surface area contributed by atoms with Crippen molar-refractivity contribution < 1.29 is 23.5 Å². The Bertz CT molecular complexity index is 1050. The highest BCUT2D eigenvalue weighted by Gasteiger charge is 2.42. The number of piperazine rings is 1. The molecular formula is C25H30FN3O4. The van der Waals surface area contributed by atoms with Crippen molar-refractivity contribution in [2.24, 2.45) is 0 Å². The van der Waals surface area contributed by atoms with Gasteiger partial charge in [-0.1, -0.05) is 24.3 Å². The molecule has 0 spiro atoms. The zero-order valence-corrected chi connectivity index (χ0v) is 19.5. The number of aryl methyl sites for hydroxylation is 2. The molecule has 1 aliphatic carbocycles. The van der Waals surface area contributed by atoms with E-state index in [1.165, 1.54) is 23.8 Å². The van der Waals surface area contributed by atoms with Gasteiger partial charge in [-0.25, -0.2) is 14.0 Å². The van der Waals surface area contributed by atoms with Crippen LogP contribution >= 0.6 is 0 Å². The number of halogens is 1. The number of amides is 1. The third-order valence-electron chi connectivity index (χ3n) is 6.12. The molecule has 2 atom stereocenters. The fraction of sp³-hybridized carbons (Fsp3) is 0.480. The SMILES string of the molecule is COC(=O)[C@H]1CN(C2c3ccccc3CCc3cc(F)cnc32)CCN1C(=O)OC(C)(C)C. The molecule has 8 heteroatoms. The number of nitrogens with zero attached hydrogens (tertiary/aromatic N) is 3. The molecule has 1 aromatic carbocycles. The summed E-state index contributed by atoms with van der Waals surface area (Å²) >= 11 is 0. The van der Waals surface area contributed by atoms with Crippen LogP contribution in [-0.4, -0.2) is 65.2 Å². The average molecular weight is 456 g/mol. The van der Waals surface area contributed by atoms with Crippen molar-refractivity contribution in [2.75, 3.05) is 26.7 Å². The summed E-state index contributed by atoms with van der Waals surface area (Å²) in [6, 6.07) is 8.60. The Morgan fingerprint density at radius 1 is 1.12 bits per heavy atom. The molecule has 1 fully saturated rings. The van der Waals surface area contributed by atoms with Crippen molar-refractivity contribution in [3.8, 4) is 0 Å². The Kier molecular flexibility index (Phi) is 6.38. The summed E-state index contributed by atoms with van der Waals surface area (Å²) in [7, 11) is 1.31. The van der Waals surface area contributed by atoms with Gasteiger partial charge in [0.1, 0.15) is 17.5 Å². The molecule has 1 aliphatic heterocycles. The predicted molar refractivity (Wildman–Crippen MR) is 120 cm³/mol. The van der Waals surface area contributed by atoms with Crippen LogP contribution in [0.3, 0.4) is 0 Å². The van der Waals surface area contributed by atoms with Gasteiger partial charge in [-0.3, -0.25) is 14.8 Å². The van der Waals surface area contributed by atoms with Crippen LogP contribution in [0.5, 0.6) is 0 Å². The lowest BCUT2D eigenvalue weighted by Gasteiger charge is -2.43. The van der Waals surface area contributed by atoms with Gasteiger partial charge in [-0.15, -0.1) is 0 Å².